The zero-order valence-corrected chi connectivity index (χ0v) is 17.5. The van der Waals surface area contributed by atoms with Gasteiger partial charge in [0.2, 0.25) is 6.41 Å². The molecule has 30 heavy (non-hydrogen) atoms. The van der Waals surface area contributed by atoms with Gasteiger partial charge in [-0.25, -0.2) is 4.39 Å². The molecule has 4 rings (SSSR count). The van der Waals surface area contributed by atoms with Gasteiger partial charge in [-0.2, -0.15) is 5.10 Å². The van der Waals surface area contributed by atoms with Gasteiger partial charge in [0.15, 0.2) is 0 Å². The first-order chi connectivity index (χ1) is 14.5. The highest BCUT2D eigenvalue weighted by Gasteiger charge is 2.28. The number of rotatable bonds is 8. The van der Waals surface area contributed by atoms with E-state index in [1.54, 1.807) is 0 Å². The van der Waals surface area contributed by atoms with E-state index >= 15 is 0 Å². The number of nitrogens with zero attached hydrogens (tertiary/aromatic N) is 2. The number of halogens is 2. The molecular weight excluding hydrogens is 407 g/mol. The van der Waals surface area contributed by atoms with Crippen LogP contribution in [0.4, 0.5) is 10.1 Å². The molecule has 0 radical (unpaired) electrons. The van der Waals surface area contributed by atoms with Gasteiger partial charge in [-0.3, -0.25) is 14.7 Å². The Hall–Kier alpha value is -2.41. The number of carbonyl (C=O) groups is 2. The lowest BCUT2D eigenvalue weighted by Crippen LogP contribution is -2.38. The van der Waals surface area contributed by atoms with Gasteiger partial charge in [0.25, 0.3) is 5.91 Å². The SMILES string of the molecule is O=CN(CC[C@H]1CC[C@@H](NC(=O)c2cc(C3CC3)[nH]n2)CC1)c1ccc(F)cc1Cl. The van der Waals surface area contributed by atoms with E-state index in [4.69, 9.17) is 11.6 Å². The Morgan fingerprint density at radius 1 is 1.23 bits per heavy atom. The molecule has 0 unspecified atom stereocenters. The Morgan fingerprint density at radius 2 is 2.00 bits per heavy atom. The van der Waals surface area contributed by atoms with E-state index in [0.29, 0.717) is 29.8 Å². The van der Waals surface area contributed by atoms with Crippen LogP contribution in [0, 0.1) is 11.7 Å². The largest absolute Gasteiger partial charge is 0.348 e. The highest BCUT2D eigenvalue weighted by atomic mass is 35.5. The number of amides is 2. The van der Waals surface area contributed by atoms with Crippen LogP contribution >= 0.6 is 11.6 Å². The molecule has 2 aromatic rings. The standard InChI is InChI=1S/C22H26ClFN4O2/c23-18-11-16(24)5-8-21(18)28(13-29)10-9-14-1-6-17(7-2-14)25-22(30)20-12-19(26-27-20)15-3-4-15/h5,8,11-15,17H,1-4,6-7,9-10H2,(H,25,30)(H,26,27)/t14-,17+. The summed E-state index contributed by atoms with van der Waals surface area (Å²) < 4.78 is 13.2. The van der Waals surface area contributed by atoms with E-state index in [1.807, 2.05) is 6.07 Å². The van der Waals surface area contributed by atoms with Crippen LogP contribution in [-0.4, -0.2) is 35.1 Å². The lowest BCUT2D eigenvalue weighted by molar-refractivity contribution is -0.107. The van der Waals surface area contributed by atoms with E-state index < -0.39 is 5.82 Å². The predicted molar refractivity (Wildman–Crippen MR) is 113 cm³/mol. The number of hydrogen-bond donors (Lipinski definition) is 2. The first-order valence-corrected chi connectivity index (χ1v) is 10.9. The summed E-state index contributed by atoms with van der Waals surface area (Å²) in [6.45, 7) is 0.535. The van der Waals surface area contributed by atoms with Crippen molar-refractivity contribution >= 4 is 29.6 Å². The lowest BCUT2D eigenvalue weighted by Gasteiger charge is -2.30. The molecule has 2 aliphatic carbocycles. The maximum Gasteiger partial charge on any atom is 0.271 e. The summed E-state index contributed by atoms with van der Waals surface area (Å²) in [6.07, 6.45) is 7.72. The molecule has 0 aliphatic heterocycles. The van der Waals surface area contributed by atoms with Crippen molar-refractivity contribution in [3.63, 3.8) is 0 Å². The van der Waals surface area contributed by atoms with E-state index in [1.165, 1.54) is 35.9 Å². The summed E-state index contributed by atoms with van der Waals surface area (Å²) in [5, 5.41) is 10.5. The Bertz CT molecular complexity index is 906. The molecule has 2 fully saturated rings. The summed E-state index contributed by atoms with van der Waals surface area (Å²) >= 11 is 6.08. The van der Waals surface area contributed by atoms with E-state index in [-0.39, 0.29) is 17.0 Å². The van der Waals surface area contributed by atoms with Gasteiger partial charge >= 0.3 is 0 Å². The van der Waals surface area contributed by atoms with Gasteiger partial charge in [-0.1, -0.05) is 11.6 Å². The smallest absolute Gasteiger partial charge is 0.271 e. The van der Waals surface area contributed by atoms with Gasteiger partial charge < -0.3 is 10.2 Å². The Labute approximate surface area is 180 Å². The maximum atomic E-state index is 13.2. The third-order valence-electron chi connectivity index (χ3n) is 6.15. The molecule has 0 spiro atoms. The van der Waals surface area contributed by atoms with Crippen molar-refractivity contribution in [1.82, 2.24) is 15.5 Å². The molecule has 1 aromatic heterocycles. The predicted octanol–water partition coefficient (Wildman–Crippen LogP) is 4.42. The summed E-state index contributed by atoms with van der Waals surface area (Å²) in [5.74, 6) is 0.491. The van der Waals surface area contributed by atoms with Crippen molar-refractivity contribution in [2.45, 2.75) is 56.9 Å². The molecule has 0 bridgehead atoms. The second kappa shape index (κ2) is 9.16. The molecule has 8 heteroatoms. The minimum atomic E-state index is -0.423. The van der Waals surface area contributed by atoms with Crippen molar-refractivity contribution in [1.29, 1.82) is 0 Å². The van der Waals surface area contributed by atoms with Crippen molar-refractivity contribution in [3.8, 4) is 0 Å². The molecule has 2 N–H and O–H groups in total. The minimum Gasteiger partial charge on any atom is -0.348 e. The number of aromatic amines is 1. The molecule has 6 nitrogen and oxygen atoms in total. The molecule has 2 saturated carbocycles. The summed E-state index contributed by atoms with van der Waals surface area (Å²) in [6, 6.07) is 6.07. The van der Waals surface area contributed by atoms with Crippen LogP contribution in [0.3, 0.4) is 0 Å². The normalized spacial score (nSPS) is 21.3. The fourth-order valence-corrected chi connectivity index (χ4v) is 4.45. The third-order valence-corrected chi connectivity index (χ3v) is 6.46. The van der Waals surface area contributed by atoms with Crippen molar-refractivity contribution < 1.29 is 14.0 Å². The number of benzene rings is 1. The van der Waals surface area contributed by atoms with Gasteiger partial charge in [0.1, 0.15) is 11.5 Å². The molecule has 160 valence electrons. The zero-order chi connectivity index (χ0) is 21.1. The second-order valence-electron chi connectivity index (χ2n) is 8.36. The highest BCUT2D eigenvalue weighted by Crippen LogP contribution is 2.39. The monoisotopic (exact) mass is 432 g/mol. The summed E-state index contributed by atoms with van der Waals surface area (Å²) in [7, 11) is 0. The summed E-state index contributed by atoms with van der Waals surface area (Å²) in [4.78, 5) is 25.5. The average molecular weight is 433 g/mol. The molecule has 2 aliphatic rings. The average Bonchev–Trinajstić information content (AvgIpc) is 3.47. The number of nitrogens with one attached hydrogen (secondary N) is 2. The quantitative estimate of drug-likeness (QED) is 0.606. The number of aromatic nitrogens is 2. The first kappa shape index (κ1) is 20.8. The van der Waals surface area contributed by atoms with E-state index in [9.17, 15) is 14.0 Å². The van der Waals surface area contributed by atoms with Crippen LogP contribution in [0.5, 0.6) is 0 Å². The second-order valence-corrected chi connectivity index (χ2v) is 8.76. The Kier molecular flexibility index (Phi) is 6.37. The minimum absolute atomic E-state index is 0.111. The van der Waals surface area contributed by atoms with Gasteiger partial charge in [-0.15, -0.1) is 0 Å². The van der Waals surface area contributed by atoms with Gasteiger partial charge in [-0.05, 0) is 75.1 Å². The fourth-order valence-electron chi connectivity index (χ4n) is 4.18. The molecule has 0 atom stereocenters. The zero-order valence-electron chi connectivity index (χ0n) is 16.7. The van der Waals surface area contributed by atoms with Gasteiger partial charge in [0, 0.05) is 24.2 Å². The molecule has 0 saturated heterocycles. The highest BCUT2D eigenvalue weighted by molar-refractivity contribution is 6.33. The van der Waals surface area contributed by atoms with E-state index in [2.05, 4.69) is 15.5 Å². The fraction of sp³-hybridized carbons (Fsp3) is 0.500. The number of anilines is 1. The lowest BCUT2D eigenvalue weighted by atomic mass is 9.84. The maximum absolute atomic E-state index is 13.2. The Morgan fingerprint density at radius 3 is 2.67 bits per heavy atom. The molecule has 2 amide bonds. The van der Waals surface area contributed by atoms with Crippen LogP contribution in [0.25, 0.3) is 0 Å². The third kappa shape index (κ3) is 5.01. The first-order valence-electron chi connectivity index (χ1n) is 10.6. The summed E-state index contributed by atoms with van der Waals surface area (Å²) in [5.41, 5.74) is 2.06. The Balaban J connectivity index is 1.23. The number of hydrogen-bond acceptors (Lipinski definition) is 3. The van der Waals surface area contributed by atoms with Crippen LogP contribution in [-0.2, 0) is 4.79 Å². The molecular formula is C22H26ClFN4O2. The van der Waals surface area contributed by atoms with Crippen LogP contribution in [0.1, 0.15) is 67.0 Å². The van der Waals surface area contributed by atoms with E-state index in [0.717, 1.165) is 44.2 Å². The van der Waals surface area contributed by atoms with Crippen molar-refractivity contribution in [2.75, 3.05) is 11.4 Å². The van der Waals surface area contributed by atoms with Crippen LogP contribution < -0.4 is 10.2 Å². The number of H-pyrrole nitrogens is 1. The van der Waals surface area contributed by atoms with Gasteiger partial charge in [0.05, 0.1) is 10.7 Å². The van der Waals surface area contributed by atoms with Crippen LogP contribution in [0.15, 0.2) is 24.3 Å². The van der Waals surface area contributed by atoms with Crippen LogP contribution in [0.2, 0.25) is 5.02 Å². The molecule has 1 heterocycles. The number of carbonyl (C=O) groups excluding carboxylic acids is 2. The van der Waals surface area contributed by atoms with Crippen molar-refractivity contribution in [2.24, 2.45) is 5.92 Å². The van der Waals surface area contributed by atoms with Crippen molar-refractivity contribution in [3.05, 3.63) is 46.5 Å². The molecule has 1 aromatic carbocycles. The topological polar surface area (TPSA) is 78.1 Å².